The second-order valence-corrected chi connectivity index (χ2v) is 11.1. The Morgan fingerprint density at radius 2 is 1.88 bits per heavy atom. The molecule has 220 valence electrons. The van der Waals surface area contributed by atoms with Crippen molar-refractivity contribution in [2.75, 3.05) is 51.0 Å². The number of likely N-dealkylation sites (tertiary alicyclic amines) is 1. The summed E-state index contributed by atoms with van der Waals surface area (Å²) >= 11 is 0. The minimum Gasteiger partial charge on any atom is -0.481 e. The van der Waals surface area contributed by atoms with Gasteiger partial charge in [-0.05, 0) is 55.1 Å². The van der Waals surface area contributed by atoms with Crippen LogP contribution in [-0.2, 0) is 20.8 Å². The highest BCUT2D eigenvalue weighted by Gasteiger charge is 2.47. The molecule has 0 saturated carbocycles. The van der Waals surface area contributed by atoms with Crippen molar-refractivity contribution in [2.45, 2.75) is 51.0 Å². The lowest BCUT2D eigenvalue weighted by atomic mass is 9.84. The van der Waals surface area contributed by atoms with E-state index >= 15 is 0 Å². The standard InChI is InChI=1S/C31H40N4O6/c1-2-3-13-33(14-6-12-32)29(37)19-34-18-23(21-9-10-26-27(16-21)41-20-40-26)30(31(38)39)25(34)11-15-35-24-8-5-4-7-22(24)17-28(35)36/h4-5,7-10,16,23,25,30H,2-3,6,11-15,17-20,32H2,1H3,(H,38,39). The molecule has 3 atom stereocenters. The molecule has 2 aromatic rings. The van der Waals surface area contributed by atoms with E-state index in [-0.39, 0.29) is 31.1 Å². The van der Waals surface area contributed by atoms with Crippen LogP contribution in [0.4, 0.5) is 5.69 Å². The maximum atomic E-state index is 13.6. The average molecular weight is 565 g/mol. The highest BCUT2D eigenvalue weighted by Crippen LogP contribution is 2.43. The van der Waals surface area contributed by atoms with E-state index in [2.05, 4.69) is 6.92 Å². The molecule has 0 spiro atoms. The summed E-state index contributed by atoms with van der Waals surface area (Å²) in [7, 11) is 0. The lowest BCUT2D eigenvalue weighted by Gasteiger charge is -2.31. The second kappa shape index (κ2) is 12.9. The Hall–Kier alpha value is -3.63. The molecule has 3 unspecified atom stereocenters. The van der Waals surface area contributed by atoms with Gasteiger partial charge in [0.25, 0.3) is 0 Å². The van der Waals surface area contributed by atoms with Crippen LogP contribution in [0.1, 0.15) is 49.7 Å². The molecule has 3 heterocycles. The number of carbonyl (C=O) groups is 3. The van der Waals surface area contributed by atoms with Gasteiger partial charge in [-0.2, -0.15) is 0 Å². The normalized spacial score (nSPS) is 21.4. The Morgan fingerprint density at radius 3 is 2.66 bits per heavy atom. The molecular weight excluding hydrogens is 524 g/mol. The van der Waals surface area contributed by atoms with Gasteiger partial charge in [0.1, 0.15) is 0 Å². The van der Waals surface area contributed by atoms with Gasteiger partial charge in [0.15, 0.2) is 11.5 Å². The number of nitrogens with zero attached hydrogens (tertiary/aromatic N) is 3. The number of aliphatic carboxylic acids is 1. The summed E-state index contributed by atoms with van der Waals surface area (Å²) in [4.78, 5) is 45.0. The van der Waals surface area contributed by atoms with Crippen LogP contribution >= 0.6 is 0 Å². The zero-order valence-corrected chi connectivity index (χ0v) is 23.7. The molecule has 2 amide bonds. The van der Waals surface area contributed by atoms with E-state index in [1.807, 2.05) is 52.3 Å². The minimum absolute atomic E-state index is 0.0125. The zero-order valence-electron chi connectivity index (χ0n) is 23.7. The van der Waals surface area contributed by atoms with Crippen molar-refractivity contribution in [1.29, 1.82) is 0 Å². The van der Waals surface area contributed by atoms with E-state index in [1.54, 1.807) is 4.90 Å². The van der Waals surface area contributed by atoms with Crippen LogP contribution in [-0.4, -0.2) is 84.8 Å². The highest BCUT2D eigenvalue weighted by molar-refractivity contribution is 6.01. The number of hydrogen-bond donors (Lipinski definition) is 2. The number of nitrogens with two attached hydrogens (primary N) is 1. The third kappa shape index (κ3) is 6.18. The van der Waals surface area contributed by atoms with Crippen molar-refractivity contribution in [2.24, 2.45) is 11.7 Å². The van der Waals surface area contributed by atoms with E-state index < -0.39 is 17.9 Å². The van der Waals surface area contributed by atoms with Crippen LogP contribution in [0.25, 0.3) is 0 Å². The van der Waals surface area contributed by atoms with E-state index in [1.165, 1.54) is 0 Å². The SMILES string of the molecule is CCCCN(CCCN)C(=O)CN1CC(c2ccc3c(c2)OCO3)C(C(=O)O)C1CCN1C(=O)Cc2ccccc21. The third-order valence-electron chi connectivity index (χ3n) is 8.54. The minimum atomic E-state index is -0.910. The maximum absolute atomic E-state index is 13.6. The van der Waals surface area contributed by atoms with Crippen LogP contribution in [0.15, 0.2) is 42.5 Å². The number of carbonyl (C=O) groups excluding carboxylic acids is 2. The van der Waals surface area contributed by atoms with Crippen molar-refractivity contribution in [3.05, 3.63) is 53.6 Å². The highest BCUT2D eigenvalue weighted by atomic mass is 16.7. The fraction of sp³-hybridized carbons (Fsp3) is 0.516. The van der Waals surface area contributed by atoms with Gasteiger partial charge in [0.05, 0.1) is 18.9 Å². The Kier molecular flexibility index (Phi) is 9.09. The topological polar surface area (TPSA) is 126 Å². The molecule has 10 heteroatoms. The quantitative estimate of drug-likeness (QED) is 0.381. The van der Waals surface area contributed by atoms with Gasteiger partial charge in [0, 0.05) is 43.8 Å². The summed E-state index contributed by atoms with van der Waals surface area (Å²) in [5.41, 5.74) is 8.45. The molecule has 3 N–H and O–H groups in total. The number of fused-ring (bicyclic) bond motifs is 2. The van der Waals surface area contributed by atoms with Gasteiger partial charge >= 0.3 is 5.97 Å². The van der Waals surface area contributed by atoms with Crippen LogP contribution in [0.2, 0.25) is 0 Å². The maximum Gasteiger partial charge on any atom is 0.308 e. The summed E-state index contributed by atoms with van der Waals surface area (Å²) in [5, 5.41) is 10.5. The van der Waals surface area contributed by atoms with Crippen molar-refractivity contribution < 1.29 is 29.0 Å². The smallest absolute Gasteiger partial charge is 0.308 e. The molecule has 3 aliphatic rings. The fourth-order valence-corrected chi connectivity index (χ4v) is 6.42. The van der Waals surface area contributed by atoms with E-state index in [0.717, 1.165) is 29.7 Å². The largest absolute Gasteiger partial charge is 0.481 e. The predicted octanol–water partition coefficient (Wildman–Crippen LogP) is 2.84. The number of rotatable bonds is 13. The molecule has 5 rings (SSSR count). The summed E-state index contributed by atoms with van der Waals surface area (Å²) in [6, 6.07) is 12.9. The van der Waals surface area contributed by atoms with Crippen molar-refractivity contribution in [3.8, 4) is 11.5 Å². The molecule has 10 nitrogen and oxygen atoms in total. The monoisotopic (exact) mass is 564 g/mol. The van der Waals surface area contributed by atoms with Crippen molar-refractivity contribution >= 4 is 23.5 Å². The zero-order chi connectivity index (χ0) is 28.9. The molecule has 0 aromatic heterocycles. The number of carboxylic acid groups (broad SMARTS) is 1. The molecule has 41 heavy (non-hydrogen) atoms. The fourth-order valence-electron chi connectivity index (χ4n) is 6.42. The first-order valence-corrected chi connectivity index (χ1v) is 14.6. The molecule has 0 bridgehead atoms. The second-order valence-electron chi connectivity index (χ2n) is 11.1. The Balaban J connectivity index is 1.41. The van der Waals surface area contributed by atoms with Crippen LogP contribution in [0, 0.1) is 5.92 Å². The summed E-state index contributed by atoms with van der Waals surface area (Å²) < 4.78 is 11.0. The van der Waals surface area contributed by atoms with Gasteiger partial charge in [-0.25, -0.2) is 0 Å². The number of carboxylic acids is 1. The van der Waals surface area contributed by atoms with Crippen molar-refractivity contribution in [3.63, 3.8) is 0 Å². The molecule has 0 radical (unpaired) electrons. The van der Waals surface area contributed by atoms with Gasteiger partial charge in [-0.3, -0.25) is 19.3 Å². The van der Waals surface area contributed by atoms with Gasteiger partial charge in [-0.15, -0.1) is 0 Å². The Labute approximate surface area is 241 Å². The van der Waals surface area contributed by atoms with Crippen LogP contribution in [0.5, 0.6) is 11.5 Å². The first-order valence-electron chi connectivity index (χ1n) is 14.6. The summed E-state index contributed by atoms with van der Waals surface area (Å²) in [6.45, 7) is 4.88. The van der Waals surface area contributed by atoms with Gasteiger partial charge in [-0.1, -0.05) is 37.6 Å². The third-order valence-corrected chi connectivity index (χ3v) is 8.54. The lowest BCUT2D eigenvalue weighted by Crippen LogP contribution is -2.46. The molecule has 1 saturated heterocycles. The number of ether oxygens (including phenoxy) is 2. The van der Waals surface area contributed by atoms with E-state index in [0.29, 0.717) is 63.5 Å². The summed E-state index contributed by atoms with van der Waals surface area (Å²) in [5.74, 6) is -0.789. The average Bonchev–Trinajstić information content (AvgIpc) is 3.66. The number of para-hydroxylation sites is 1. The molecule has 3 aliphatic heterocycles. The van der Waals surface area contributed by atoms with Gasteiger partial charge < -0.3 is 30.1 Å². The predicted molar refractivity (Wildman–Crippen MR) is 154 cm³/mol. The number of anilines is 1. The Morgan fingerprint density at radius 1 is 1.10 bits per heavy atom. The number of benzene rings is 2. The number of unbranched alkanes of at least 4 members (excludes halogenated alkanes) is 1. The number of hydrogen-bond acceptors (Lipinski definition) is 7. The van der Waals surface area contributed by atoms with Crippen molar-refractivity contribution in [1.82, 2.24) is 9.80 Å². The molecule has 1 fully saturated rings. The van der Waals surface area contributed by atoms with Crippen LogP contribution < -0.4 is 20.1 Å². The molecule has 0 aliphatic carbocycles. The first kappa shape index (κ1) is 28.9. The molecular formula is C31H40N4O6. The number of amides is 2. The van der Waals surface area contributed by atoms with E-state index in [9.17, 15) is 19.5 Å². The van der Waals surface area contributed by atoms with Crippen LogP contribution in [0.3, 0.4) is 0 Å². The summed E-state index contributed by atoms with van der Waals surface area (Å²) in [6.07, 6.45) is 3.36. The van der Waals surface area contributed by atoms with E-state index in [4.69, 9.17) is 15.2 Å². The Bertz CT molecular complexity index is 1260. The first-order chi connectivity index (χ1) is 19.9. The lowest BCUT2D eigenvalue weighted by molar-refractivity contribution is -0.143. The molecule has 2 aromatic carbocycles. The van der Waals surface area contributed by atoms with Gasteiger partial charge in [0.2, 0.25) is 18.6 Å².